The van der Waals surface area contributed by atoms with Gasteiger partial charge in [-0.1, -0.05) is 0 Å². The summed E-state index contributed by atoms with van der Waals surface area (Å²) in [5.41, 5.74) is 0.746. The number of amides is 1. The molecule has 0 bridgehead atoms. The largest absolute Gasteiger partial charge is 0.497 e. The third-order valence-electron chi connectivity index (χ3n) is 5.41. The lowest BCUT2D eigenvalue weighted by atomic mass is 9.98. The summed E-state index contributed by atoms with van der Waals surface area (Å²) in [6, 6.07) is 8.01. The zero-order chi connectivity index (χ0) is 16.9. The van der Waals surface area contributed by atoms with Crippen LogP contribution in [0.3, 0.4) is 0 Å². The Hall–Kier alpha value is -1.59. The van der Waals surface area contributed by atoms with E-state index in [2.05, 4.69) is 4.90 Å². The minimum Gasteiger partial charge on any atom is -0.497 e. The molecular formula is C19H28N2O3. The average molecular weight is 332 g/mol. The van der Waals surface area contributed by atoms with Crippen LogP contribution in [-0.2, 0) is 4.74 Å². The average Bonchev–Trinajstić information content (AvgIpc) is 2.68. The van der Waals surface area contributed by atoms with Gasteiger partial charge in [-0.15, -0.1) is 0 Å². The van der Waals surface area contributed by atoms with Crippen LogP contribution >= 0.6 is 0 Å². The fraction of sp³-hybridized carbons (Fsp3) is 0.632. The molecule has 0 spiro atoms. The van der Waals surface area contributed by atoms with E-state index in [0.717, 1.165) is 63.2 Å². The zero-order valence-corrected chi connectivity index (χ0v) is 14.7. The predicted molar refractivity (Wildman–Crippen MR) is 93.5 cm³/mol. The third kappa shape index (κ3) is 3.90. The summed E-state index contributed by atoms with van der Waals surface area (Å²) in [6.45, 7) is 3.94. The van der Waals surface area contributed by atoms with Crippen LogP contribution in [0.15, 0.2) is 24.3 Å². The molecule has 2 fully saturated rings. The van der Waals surface area contributed by atoms with Crippen LogP contribution in [0.1, 0.15) is 36.0 Å². The molecule has 5 heteroatoms. The van der Waals surface area contributed by atoms with Crippen LogP contribution in [0.2, 0.25) is 0 Å². The van der Waals surface area contributed by atoms with Crippen molar-refractivity contribution < 1.29 is 14.3 Å². The highest BCUT2D eigenvalue weighted by atomic mass is 16.5. The van der Waals surface area contributed by atoms with Crippen LogP contribution in [0.5, 0.6) is 5.75 Å². The number of hydrogen-bond acceptors (Lipinski definition) is 4. The number of benzene rings is 1. The highest BCUT2D eigenvalue weighted by Gasteiger charge is 2.29. The van der Waals surface area contributed by atoms with E-state index in [-0.39, 0.29) is 5.91 Å². The summed E-state index contributed by atoms with van der Waals surface area (Å²) in [7, 11) is 3.45. The van der Waals surface area contributed by atoms with Crippen LogP contribution < -0.4 is 4.74 Å². The van der Waals surface area contributed by atoms with Gasteiger partial charge in [-0.25, -0.2) is 0 Å². The van der Waals surface area contributed by atoms with E-state index in [1.807, 2.05) is 36.3 Å². The first-order chi connectivity index (χ1) is 11.7. The van der Waals surface area contributed by atoms with Gasteiger partial charge in [0.05, 0.1) is 13.2 Å². The van der Waals surface area contributed by atoms with Gasteiger partial charge in [0.25, 0.3) is 5.91 Å². The predicted octanol–water partition coefficient (Wildman–Crippen LogP) is 2.41. The highest BCUT2D eigenvalue weighted by molar-refractivity contribution is 5.94. The maximum atomic E-state index is 12.6. The quantitative estimate of drug-likeness (QED) is 0.849. The van der Waals surface area contributed by atoms with Crippen molar-refractivity contribution in [2.24, 2.45) is 0 Å². The lowest BCUT2D eigenvalue weighted by molar-refractivity contribution is 0.0145. The number of carbonyl (C=O) groups is 1. The van der Waals surface area contributed by atoms with Crippen molar-refractivity contribution in [2.75, 3.05) is 40.4 Å². The van der Waals surface area contributed by atoms with Crippen molar-refractivity contribution in [3.8, 4) is 5.75 Å². The SMILES string of the molecule is COc1ccc(C(=O)N2CCC(N3CCC(OC)CC3)CC2)cc1. The minimum atomic E-state index is 0.134. The van der Waals surface area contributed by atoms with Crippen molar-refractivity contribution in [1.29, 1.82) is 0 Å². The Morgan fingerprint density at radius 1 is 0.958 bits per heavy atom. The standard InChI is InChI=1S/C19H28N2O3/c1-23-17-5-3-15(4-6-17)19(22)21-11-7-16(8-12-21)20-13-9-18(24-2)10-14-20/h3-6,16,18H,7-14H2,1-2H3. The maximum Gasteiger partial charge on any atom is 0.253 e. The van der Waals surface area contributed by atoms with Crippen LogP contribution in [0.4, 0.5) is 0 Å². The van der Waals surface area contributed by atoms with Crippen molar-refractivity contribution >= 4 is 5.91 Å². The number of ether oxygens (including phenoxy) is 2. The summed E-state index contributed by atoms with van der Waals surface area (Å²) >= 11 is 0. The van der Waals surface area contributed by atoms with Gasteiger partial charge in [0, 0.05) is 44.9 Å². The number of hydrogen-bond donors (Lipinski definition) is 0. The van der Waals surface area contributed by atoms with Crippen LogP contribution in [0.25, 0.3) is 0 Å². The number of piperidine rings is 2. The van der Waals surface area contributed by atoms with Crippen molar-refractivity contribution in [3.63, 3.8) is 0 Å². The van der Waals surface area contributed by atoms with Gasteiger partial charge < -0.3 is 19.3 Å². The number of carbonyl (C=O) groups excluding carboxylic acids is 1. The monoisotopic (exact) mass is 332 g/mol. The summed E-state index contributed by atoms with van der Waals surface area (Å²) in [5.74, 6) is 0.916. The molecule has 0 N–H and O–H groups in total. The van der Waals surface area contributed by atoms with E-state index in [4.69, 9.17) is 9.47 Å². The second kappa shape index (κ2) is 7.99. The molecule has 0 atom stereocenters. The molecule has 0 radical (unpaired) electrons. The van der Waals surface area contributed by atoms with Crippen molar-refractivity contribution in [2.45, 2.75) is 37.8 Å². The molecule has 0 unspecified atom stereocenters. The van der Waals surface area contributed by atoms with Gasteiger partial charge >= 0.3 is 0 Å². The van der Waals surface area contributed by atoms with Crippen molar-refractivity contribution in [1.82, 2.24) is 9.80 Å². The van der Waals surface area contributed by atoms with Gasteiger partial charge in [0.1, 0.15) is 5.75 Å². The fourth-order valence-electron chi connectivity index (χ4n) is 3.83. The molecule has 132 valence electrons. The second-order valence-corrected chi connectivity index (χ2v) is 6.72. The number of rotatable bonds is 4. The smallest absolute Gasteiger partial charge is 0.253 e. The molecule has 1 aromatic rings. The van der Waals surface area contributed by atoms with E-state index in [1.54, 1.807) is 7.11 Å². The zero-order valence-electron chi connectivity index (χ0n) is 14.7. The number of likely N-dealkylation sites (tertiary alicyclic amines) is 2. The van der Waals surface area contributed by atoms with E-state index >= 15 is 0 Å². The molecule has 3 rings (SSSR count). The van der Waals surface area contributed by atoms with Gasteiger partial charge in [-0.3, -0.25) is 4.79 Å². The Balaban J connectivity index is 1.50. The Morgan fingerprint density at radius 3 is 2.12 bits per heavy atom. The Morgan fingerprint density at radius 2 is 1.58 bits per heavy atom. The van der Waals surface area contributed by atoms with Crippen LogP contribution in [0, 0.1) is 0 Å². The van der Waals surface area contributed by atoms with Gasteiger partial charge in [0.15, 0.2) is 0 Å². The fourth-order valence-corrected chi connectivity index (χ4v) is 3.83. The summed E-state index contributed by atoms with van der Waals surface area (Å²) in [4.78, 5) is 17.2. The summed E-state index contributed by atoms with van der Waals surface area (Å²) in [6.07, 6.45) is 4.82. The highest BCUT2D eigenvalue weighted by Crippen LogP contribution is 2.23. The molecule has 5 nitrogen and oxygen atoms in total. The Kier molecular flexibility index (Phi) is 5.74. The Labute approximate surface area is 144 Å². The molecule has 2 saturated heterocycles. The van der Waals surface area contributed by atoms with E-state index in [9.17, 15) is 4.79 Å². The lowest BCUT2D eigenvalue weighted by Gasteiger charge is -2.41. The second-order valence-electron chi connectivity index (χ2n) is 6.72. The normalized spacial score (nSPS) is 21.0. The van der Waals surface area contributed by atoms with Crippen molar-refractivity contribution in [3.05, 3.63) is 29.8 Å². The van der Waals surface area contributed by atoms with Gasteiger partial charge in [0.2, 0.25) is 0 Å². The molecule has 0 aromatic heterocycles. The molecule has 2 aliphatic heterocycles. The molecular weight excluding hydrogens is 304 g/mol. The maximum absolute atomic E-state index is 12.6. The number of methoxy groups -OCH3 is 2. The summed E-state index contributed by atoms with van der Waals surface area (Å²) < 4.78 is 10.6. The Bertz CT molecular complexity index is 530. The molecule has 1 amide bonds. The van der Waals surface area contributed by atoms with E-state index < -0.39 is 0 Å². The molecule has 2 heterocycles. The number of nitrogens with zero attached hydrogens (tertiary/aromatic N) is 2. The first-order valence-electron chi connectivity index (χ1n) is 8.91. The summed E-state index contributed by atoms with van der Waals surface area (Å²) in [5, 5.41) is 0. The van der Waals surface area contributed by atoms with E-state index in [1.165, 1.54) is 0 Å². The van der Waals surface area contributed by atoms with Gasteiger partial charge in [-0.2, -0.15) is 0 Å². The first kappa shape index (κ1) is 17.2. The molecule has 0 aliphatic carbocycles. The molecule has 1 aromatic carbocycles. The molecule has 24 heavy (non-hydrogen) atoms. The topological polar surface area (TPSA) is 42.0 Å². The van der Waals surface area contributed by atoms with Gasteiger partial charge in [-0.05, 0) is 49.9 Å². The lowest BCUT2D eigenvalue weighted by Crippen LogP contribution is -2.49. The molecule has 0 saturated carbocycles. The van der Waals surface area contributed by atoms with Crippen LogP contribution in [-0.4, -0.2) is 68.3 Å². The molecule has 2 aliphatic rings. The minimum absolute atomic E-state index is 0.134. The third-order valence-corrected chi connectivity index (χ3v) is 5.41. The van der Waals surface area contributed by atoms with E-state index in [0.29, 0.717) is 12.1 Å². The first-order valence-corrected chi connectivity index (χ1v) is 8.91.